The number of halogens is 2. The van der Waals surface area contributed by atoms with E-state index in [0.29, 0.717) is 31.3 Å². The number of benzene rings is 2. The highest BCUT2D eigenvalue weighted by molar-refractivity contribution is 5.89. The Morgan fingerprint density at radius 1 is 1.20 bits per heavy atom. The number of ether oxygens (including phenoxy) is 1. The molecule has 1 aliphatic rings. The standard InChI is InChI=1S/C19H20F2N2O2/c20-15-4-3-5-16(12-15)22-19(24)23-10-8-14(13-23)9-11-25-18-7-2-1-6-17(18)21/h1-7,12,14H,8-11,13H2,(H,22,24). The molecule has 1 atom stereocenters. The summed E-state index contributed by atoms with van der Waals surface area (Å²) >= 11 is 0. The van der Waals surface area contributed by atoms with Crippen molar-refractivity contribution < 1.29 is 18.3 Å². The normalized spacial score (nSPS) is 16.7. The number of anilines is 1. The van der Waals surface area contributed by atoms with E-state index in [1.807, 2.05) is 0 Å². The van der Waals surface area contributed by atoms with Crippen molar-refractivity contribution in [3.05, 3.63) is 60.2 Å². The minimum absolute atomic E-state index is 0.233. The fourth-order valence-corrected chi connectivity index (χ4v) is 2.92. The van der Waals surface area contributed by atoms with Crippen LogP contribution in [-0.2, 0) is 0 Å². The van der Waals surface area contributed by atoms with Crippen molar-refractivity contribution in [3.8, 4) is 5.75 Å². The van der Waals surface area contributed by atoms with Gasteiger partial charge in [-0.25, -0.2) is 13.6 Å². The van der Waals surface area contributed by atoms with Crippen molar-refractivity contribution in [2.75, 3.05) is 25.0 Å². The number of hydrogen-bond donors (Lipinski definition) is 1. The van der Waals surface area contributed by atoms with E-state index >= 15 is 0 Å². The van der Waals surface area contributed by atoms with Gasteiger partial charge >= 0.3 is 6.03 Å². The quantitative estimate of drug-likeness (QED) is 0.878. The molecule has 2 aromatic carbocycles. The van der Waals surface area contributed by atoms with Gasteiger partial charge in [0.1, 0.15) is 5.82 Å². The lowest BCUT2D eigenvalue weighted by Crippen LogP contribution is -2.33. The van der Waals surface area contributed by atoms with Crippen LogP contribution in [0.3, 0.4) is 0 Å². The minimum atomic E-state index is -0.387. The molecule has 0 radical (unpaired) electrons. The first-order chi connectivity index (χ1) is 12.1. The molecule has 1 saturated heterocycles. The van der Waals surface area contributed by atoms with Gasteiger partial charge in [0.25, 0.3) is 0 Å². The first kappa shape index (κ1) is 17.2. The second-order valence-electron chi connectivity index (χ2n) is 6.11. The third-order valence-electron chi connectivity index (χ3n) is 4.27. The highest BCUT2D eigenvalue weighted by atomic mass is 19.1. The highest BCUT2D eigenvalue weighted by Crippen LogP contribution is 2.22. The first-order valence-corrected chi connectivity index (χ1v) is 8.30. The van der Waals surface area contributed by atoms with E-state index < -0.39 is 0 Å². The van der Waals surface area contributed by atoms with E-state index in [1.54, 1.807) is 35.2 Å². The molecule has 0 spiro atoms. The summed E-state index contributed by atoms with van der Waals surface area (Å²) in [4.78, 5) is 13.9. The fraction of sp³-hybridized carbons (Fsp3) is 0.316. The SMILES string of the molecule is O=C(Nc1cccc(F)c1)N1CCC(CCOc2ccccc2F)C1. The van der Waals surface area contributed by atoms with Crippen molar-refractivity contribution in [1.29, 1.82) is 0 Å². The van der Waals surface area contributed by atoms with Crippen molar-refractivity contribution >= 4 is 11.7 Å². The van der Waals surface area contributed by atoms with Crippen molar-refractivity contribution in [1.82, 2.24) is 4.90 Å². The molecule has 6 heteroatoms. The average Bonchev–Trinajstić information content (AvgIpc) is 3.06. The molecular formula is C19H20F2N2O2. The lowest BCUT2D eigenvalue weighted by molar-refractivity contribution is 0.218. The smallest absolute Gasteiger partial charge is 0.321 e. The number of carbonyl (C=O) groups excluding carboxylic acids is 1. The Morgan fingerprint density at radius 3 is 2.84 bits per heavy atom. The Kier molecular flexibility index (Phi) is 5.48. The Balaban J connectivity index is 1.43. The molecule has 3 rings (SSSR count). The monoisotopic (exact) mass is 346 g/mol. The maximum Gasteiger partial charge on any atom is 0.321 e. The Bertz CT molecular complexity index is 739. The summed E-state index contributed by atoms with van der Waals surface area (Å²) in [6.45, 7) is 1.66. The first-order valence-electron chi connectivity index (χ1n) is 8.30. The second kappa shape index (κ2) is 7.96. The zero-order chi connectivity index (χ0) is 17.6. The van der Waals surface area contributed by atoms with Gasteiger partial charge < -0.3 is 15.0 Å². The van der Waals surface area contributed by atoms with Crippen molar-refractivity contribution in [2.45, 2.75) is 12.8 Å². The topological polar surface area (TPSA) is 41.6 Å². The van der Waals surface area contributed by atoms with Crippen LogP contribution in [0.5, 0.6) is 5.75 Å². The van der Waals surface area contributed by atoms with E-state index in [-0.39, 0.29) is 23.4 Å². The lowest BCUT2D eigenvalue weighted by Gasteiger charge is -2.17. The molecule has 1 N–H and O–H groups in total. The van der Waals surface area contributed by atoms with Crippen molar-refractivity contribution in [2.24, 2.45) is 5.92 Å². The molecule has 2 aromatic rings. The number of urea groups is 1. The van der Waals surface area contributed by atoms with Crippen LogP contribution >= 0.6 is 0 Å². The summed E-state index contributed by atoms with van der Waals surface area (Å²) in [5.41, 5.74) is 0.441. The number of nitrogens with one attached hydrogen (secondary N) is 1. The van der Waals surface area contributed by atoms with Crippen molar-refractivity contribution in [3.63, 3.8) is 0 Å². The number of likely N-dealkylation sites (tertiary alicyclic amines) is 1. The average molecular weight is 346 g/mol. The predicted octanol–water partition coefficient (Wildman–Crippen LogP) is 4.29. The number of amides is 2. The summed E-state index contributed by atoms with van der Waals surface area (Å²) in [5.74, 6) is -0.196. The van der Waals surface area contributed by atoms with Gasteiger partial charge in [-0.05, 0) is 49.1 Å². The molecule has 0 saturated carbocycles. The molecule has 25 heavy (non-hydrogen) atoms. The maximum absolute atomic E-state index is 13.5. The summed E-state index contributed by atoms with van der Waals surface area (Å²) in [7, 11) is 0. The Hall–Kier alpha value is -2.63. The zero-order valence-corrected chi connectivity index (χ0v) is 13.8. The summed E-state index contributed by atoms with van der Waals surface area (Å²) in [6, 6.07) is 11.9. The molecule has 4 nitrogen and oxygen atoms in total. The van der Waals surface area contributed by atoms with E-state index in [4.69, 9.17) is 4.74 Å². The molecule has 0 bridgehead atoms. The molecule has 1 heterocycles. The summed E-state index contributed by atoms with van der Waals surface area (Å²) in [6.07, 6.45) is 1.62. The van der Waals surface area contributed by atoms with Crippen LogP contribution in [0.15, 0.2) is 48.5 Å². The fourth-order valence-electron chi connectivity index (χ4n) is 2.92. The Labute approximate surface area is 145 Å². The van der Waals surface area contributed by atoms with Gasteiger partial charge in [-0.15, -0.1) is 0 Å². The van der Waals surface area contributed by atoms with Crippen LogP contribution in [0.1, 0.15) is 12.8 Å². The number of nitrogens with zero attached hydrogens (tertiary/aromatic N) is 1. The van der Waals surface area contributed by atoms with E-state index in [2.05, 4.69) is 5.32 Å². The number of hydrogen-bond acceptors (Lipinski definition) is 2. The van der Waals surface area contributed by atoms with Crippen LogP contribution in [0, 0.1) is 17.6 Å². The molecule has 1 fully saturated rings. The number of rotatable bonds is 5. The summed E-state index contributed by atoms with van der Waals surface area (Å²) in [5, 5.41) is 2.70. The predicted molar refractivity (Wildman–Crippen MR) is 91.6 cm³/mol. The van der Waals surface area contributed by atoms with Gasteiger partial charge in [-0.2, -0.15) is 0 Å². The molecule has 1 aliphatic heterocycles. The van der Waals surface area contributed by atoms with Gasteiger partial charge in [0.05, 0.1) is 6.61 Å². The zero-order valence-electron chi connectivity index (χ0n) is 13.8. The van der Waals surface area contributed by atoms with Gasteiger partial charge in [0, 0.05) is 18.8 Å². The second-order valence-corrected chi connectivity index (χ2v) is 6.11. The molecule has 0 aliphatic carbocycles. The van der Waals surface area contributed by atoms with Crippen LogP contribution in [0.25, 0.3) is 0 Å². The number of para-hydroxylation sites is 1. The maximum atomic E-state index is 13.5. The molecule has 132 valence electrons. The van der Waals surface area contributed by atoms with E-state index in [1.165, 1.54) is 18.2 Å². The molecular weight excluding hydrogens is 326 g/mol. The van der Waals surface area contributed by atoms with E-state index in [0.717, 1.165) is 12.8 Å². The van der Waals surface area contributed by atoms with Gasteiger partial charge in [-0.1, -0.05) is 18.2 Å². The molecule has 0 aromatic heterocycles. The van der Waals surface area contributed by atoms with E-state index in [9.17, 15) is 13.6 Å². The summed E-state index contributed by atoms with van der Waals surface area (Å²) < 4.78 is 32.1. The van der Waals surface area contributed by atoms with Crippen LogP contribution < -0.4 is 10.1 Å². The van der Waals surface area contributed by atoms with Gasteiger partial charge in [-0.3, -0.25) is 0 Å². The highest BCUT2D eigenvalue weighted by Gasteiger charge is 2.26. The molecule has 1 unspecified atom stereocenters. The largest absolute Gasteiger partial charge is 0.491 e. The number of carbonyl (C=O) groups is 1. The third-order valence-corrected chi connectivity index (χ3v) is 4.27. The Morgan fingerprint density at radius 2 is 2.04 bits per heavy atom. The van der Waals surface area contributed by atoms with Gasteiger partial charge in [0.15, 0.2) is 11.6 Å². The van der Waals surface area contributed by atoms with Crippen LogP contribution in [0.4, 0.5) is 19.3 Å². The van der Waals surface area contributed by atoms with Crippen LogP contribution in [-0.4, -0.2) is 30.6 Å². The third kappa shape index (κ3) is 4.68. The van der Waals surface area contributed by atoms with Crippen LogP contribution in [0.2, 0.25) is 0 Å². The van der Waals surface area contributed by atoms with Gasteiger partial charge in [0.2, 0.25) is 0 Å². The minimum Gasteiger partial charge on any atom is -0.491 e. The molecule has 2 amide bonds. The lowest BCUT2D eigenvalue weighted by atomic mass is 10.1.